The van der Waals surface area contributed by atoms with Gasteiger partial charge in [0.25, 0.3) is 6.33 Å². The minimum atomic E-state index is -2.00. The number of aliphatic hydroxyl groups is 1. The highest BCUT2D eigenvalue weighted by Crippen LogP contribution is 2.41. The van der Waals surface area contributed by atoms with Crippen molar-refractivity contribution in [1.82, 2.24) is 20.1 Å². The lowest BCUT2D eigenvalue weighted by atomic mass is 9.82. The van der Waals surface area contributed by atoms with E-state index in [9.17, 15) is 14.3 Å². The number of nitrogens with zero attached hydrogens (tertiary/aromatic N) is 5. The molecule has 15 heteroatoms. The normalized spacial score (nSPS) is 13.3. The standard InChI is InChI=1S/C35H35F2N7O3S.2ClH/c1-22(2)39-17-27-7-5-6-8-31(27)42-34(45)47-24(4)43-20-40-44(21-43)19-35(46,29-15-28(36)13-14-30(29)37)23(3)33-41-32(18-48-33)26-11-9-25(16-38)10-12-26;;/h5-15,18,20-24,39,46H,17,19H2,1-4H3;2*1H. The lowest BCUT2D eigenvalue weighted by Crippen LogP contribution is -3.00. The molecule has 0 saturated carbocycles. The number of amides is 1. The Labute approximate surface area is 305 Å². The first-order chi connectivity index (χ1) is 23.0. The zero-order valence-electron chi connectivity index (χ0n) is 27.7. The summed E-state index contributed by atoms with van der Waals surface area (Å²) in [5.41, 5.74) is 1.17. The van der Waals surface area contributed by atoms with E-state index in [2.05, 4.69) is 21.8 Å². The summed E-state index contributed by atoms with van der Waals surface area (Å²) in [6, 6.07) is 19.6. The van der Waals surface area contributed by atoms with Crippen LogP contribution in [0.15, 0.2) is 84.8 Å². The summed E-state index contributed by atoms with van der Waals surface area (Å²) >= 11 is 1.27. The predicted octanol–water partition coefficient (Wildman–Crippen LogP) is 3.83. The molecule has 0 saturated heterocycles. The lowest BCUT2D eigenvalue weighted by Gasteiger charge is -2.32. The van der Waals surface area contributed by atoms with Crippen LogP contribution in [0.4, 0.5) is 19.3 Å². The molecular formula is C35H37Cl2F2N7O3S. The second kappa shape index (κ2) is 17.5. The van der Waals surface area contributed by atoms with Gasteiger partial charge in [-0.3, -0.25) is 5.32 Å². The summed E-state index contributed by atoms with van der Waals surface area (Å²) < 4.78 is 38.2. The quantitative estimate of drug-likeness (QED) is 0.166. The number of aromatic nitrogens is 4. The van der Waals surface area contributed by atoms with Crippen LogP contribution in [0.5, 0.6) is 0 Å². The zero-order chi connectivity index (χ0) is 34.4. The number of thiazole rings is 1. The Kier molecular flexibility index (Phi) is 14.0. The Morgan fingerprint density at radius 2 is 1.84 bits per heavy atom. The summed E-state index contributed by atoms with van der Waals surface area (Å²) in [6.45, 7) is 7.70. The number of ether oxygens (including phenoxy) is 1. The van der Waals surface area contributed by atoms with Crippen LogP contribution in [0, 0.1) is 23.0 Å². The SMILES string of the molecule is CC(C)NCc1ccccc1NC(=O)OC(C)[n+]1cnn(CC(O)(c2cc(F)ccc2F)C(C)c2nc(-c3ccc(C#N)cc3)cs2)c1.Cl.[Cl-]. The molecule has 3 atom stereocenters. The minimum Gasteiger partial charge on any atom is -1.00 e. The Bertz CT molecular complexity index is 1930. The van der Waals surface area contributed by atoms with Gasteiger partial charge in [0.05, 0.1) is 22.3 Å². The number of carbonyl (C=O) groups is 1. The minimum absolute atomic E-state index is 0. The number of benzene rings is 3. The molecule has 0 aliphatic heterocycles. The van der Waals surface area contributed by atoms with Gasteiger partial charge in [-0.1, -0.05) is 51.1 Å². The van der Waals surface area contributed by atoms with Crippen molar-refractivity contribution in [1.29, 1.82) is 5.26 Å². The van der Waals surface area contributed by atoms with E-state index < -0.39 is 35.5 Å². The second-order valence-corrected chi connectivity index (χ2v) is 12.6. The van der Waals surface area contributed by atoms with Crippen LogP contribution < -0.4 is 27.6 Å². The van der Waals surface area contributed by atoms with E-state index in [0.717, 1.165) is 29.3 Å². The molecular weight excluding hydrogens is 707 g/mol. The summed E-state index contributed by atoms with van der Waals surface area (Å²) in [5.74, 6) is -2.31. The average Bonchev–Trinajstić information content (AvgIpc) is 3.75. The summed E-state index contributed by atoms with van der Waals surface area (Å²) in [5, 5.41) is 34.1. The first-order valence-corrected chi connectivity index (χ1v) is 16.2. The van der Waals surface area contributed by atoms with E-state index in [0.29, 0.717) is 28.5 Å². The van der Waals surface area contributed by atoms with E-state index in [1.54, 1.807) is 49.6 Å². The van der Waals surface area contributed by atoms with Crippen molar-refractivity contribution >= 4 is 35.5 Å². The molecule has 0 bridgehead atoms. The molecule has 5 aromatic rings. The van der Waals surface area contributed by atoms with Crippen LogP contribution in [0.1, 0.15) is 61.5 Å². The van der Waals surface area contributed by atoms with E-state index in [4.69, 9.17) is 15.0 Å². The Balaban J connectivity index is 0.00000338. The van der Waals surface area contributed by atoms with Gasteiger partial charge in [0.2, 0.25) is 12.6 Å². The fraction of sp³-hybridized carbons (Fsp3) is 0.286. The summed E-state index contributed by atoms with van der Waals surface area (Å²) in [6.07, 6.45) is 1.45. The van der Waals surface area contributed by atoms with E-state index >= 15 is 4.39 Å². The second-order valence-electron chi connectivity index (χ2n) is 11.7. The van der Waals surface area contributed by atoms with Gasteiger partial charge in [0.15, 0.2) is 0 Å². The van der Waals surface area contributed by atoms with Crippen LogP contribution >= 0.6 is 23.7 Å². The maximum Gasteiger partial charge on any atom is 0.414 e. The van der Waals surface area contributed by atoms with Crippen LogP contribution in [0.3, 0.4) is 0 Å². The monoisotopic (exact) mass is 743 g/mol. The molecule has 2 aromatic heterocycles. The molecule has 2 heterocycles. The number of nitrogens with one attached hydrogen (secondary N) is 2. The highest BCUT2D eigenvalue weighted by Gasteiger charge is 2.43. The molecule has 0 aliphatic rings. The Hall–Kier alpha value is -4.45. The average molecular weight is 745 g/mol. The smallest absolute Gasteiger partial charge is 0.414 e. The van der Waals surface area contributed by atoms with Crippen molar-refractivity contribution < 1.29 is 40.4 Å². The molecule has 3 N–H and O–H groups in total. The van der Waals surface area contributed by atoms with Gasteiger partial charge in [-0.2, -0.15) is 9.83 Å². The number of carbonyl (C=O) groups excluding carboxylic acids is 1. The van der Waals surface area contributed by atoms with Crippen molar-refractivity contribution in [3.8, 4) is 17.3 Å². The summed E-state index contributed by atoms with van der Waals surface area (Å²) in [7, 11) is 0. The number of rotatable bonds is 12. The maximum atomic E-state index is 15.3. The molecule has 1 amide bonds. The van der Waals surface area contributed by atoms with Crippen molar-refractivity contribution in [2.45, 2.75) is 64.6 Å². The molecule has 10 nitrogen and oxygen atoms in total. The van der Waals surface area contributed by atoms with Gasteiger partial charge in [0, 0.05) is 52.7 Å². The third kappa shape index (κ3) is 9.41. The molecule has 0 fully saturated rings. The molecule has 5 rings (SSSR count). The van der Waals surface area contributed by atoms with Gasteiger partial charge in [-0.15, -0.1) is 28.4 Å². The molecule has 3 aromatic carbocycles. The third-order valence-electron chi connectivity index (χ3n) is 7.97. The molecule has 3 unspecified atom stereocenters. The lowest BCUT2D eigenvalue weighted by molar-refractivity contribution is -0.753. The third-order valence-corrected chi connectivity index (χ3v) is 9.00. The molecule has 264 valence electrons. The number of hydrogen-bond donors (Lipinski definition) is 3. The molecule has 0 spiro atoms. The number of nitriles is 1. The van der Waals surface area contributed by atoms with Gasteiger partial charge < -0.3 is 27.6 Å². The van der Waals surface area contributed by atoms with Crippen molar-refractivity contribution in [3.05, 3.63) is 118 Å². The van der Waals surface area contributed by atoms with Gasteiger partial charge in [-0.25, -0.2) is 18.6 Å². The van der Waals surface area contributed by atoms with Crippen LogP contribution in [0.2, 0.25) is 0 Å². The maximum absolute atomic E-state index is 15.3. The van der Waals surface area contributed by atoms with Crippen LogP contribution in [-0.4, -0.2) is 32.0 Å². The molecule has 0 radical (unpaired) electrons. The fourth-order valence-corrected chi connectivity index (χ4v) is 6.12. The summed E-state index contributed by atoms with van der Waals surface area (Å²) in [4.78, 5) is 17.5. The Morgan fingerprint density at radius 1 is 1.12 bits per heavy atom. The highest BCUT2D eigenvalue weighted by molar-refractivity contribution is 7.10. The number of halogens is 4. The number of para-hydroxylation sites is 1. The van der Waals surface area contributed by atoms with Crippen LogP contribution in [0.25, 0.3) is 11.3 Å². The van der Waals surface area contributed by atoms with Crippen LogP contribution in [-0.2, 0) is 23.4 Å². The predicted molar refractivity (Wildman–Crippen MR) is 184 cm³/mol. The fourth-order valence-electron chi connectivity index (χ4n) is 5.15. The Morgan fingerprint density at radius 3 is 2.54 bits per heavy atom. The van der Waals surface area contributed by atoms with E-state index in [-0.39, 0.29) is 43.0 Å². The topological polar surface area (TPSA) is 129 Å². The van der Waals surface area contributed by atoms with Gasteiger partial charge >= 0.3 is 6.09 Å². The van der Waals surface area contributed by atoms with Crippen molar-refractivity contribution in [2.24, 2.45) is 0 Å². The van der Waals surface area contributed by atoms with E-state index in [1.807, 2.05) is 32.0 Å². The zero-order valence-corrected chi connectivity index (χ0v) is 30.1. The largest absolute Gasteiger partial charge is 1.00 e. The highest BCUT2D eigenvalue weighted by atomic mass is 35.5. The van der Waals surface area contributed by atoms with Crippen molar-refractivity contribution in [3.63, 3.8) is 0 Å². The van der Waals surface area contributed by atoms with Gasteiger partial charge in [-0.05, 0) is 42.0 Å². The van der Waals surface area contributed by atoms with E-state index in [1.165, 1.54) is 33.2 Å². The number of hydrogen-bond acceptors (Lipinski definition) is 8. The first kappa shape index (κ1) is 40.0. The molecule has 0 aliphatic carbocycles. The first-order valence-electron chi connectivity index (χ1n) is 15.3. The number of anilines is 1. The molecule has 50 heavy (non-hydrogen) atoms. The van der Waals surface area contributed by atoms with Crippen molar-refractivity contribution in [2.75, 3.05) is 5.32 Å². The van der Waals surface area contributed by atoms with Gasteiger partial charge in [0.1, 0.15) is 23.8 Å².